The van der Waals surface area contributed by atoms with E-state index in [0.29, 0.717) is 0 Å². The van der Waals surface area contributed by atoms with Gasteiger partial charge in [0.2, 0.25) is 0 Å². The summed E-state index contributed by atoms with van der Waals surface area (Å²) in [6, 6.07) is 4.41. The first kappa shape index (κ1) is 9.17. The van der Waals surface area contributed by atoms with Crippen molar-refractivity contribution in [1.29, 1.82) is 0 Å². The summed E-state index contributed by atoms with van der Waals surface area (Å²) in [6.07, 6.45) is 9.67. The van der Waals surface area contributed by atoms with E-state index < -0.39 is 0 Å². The van der Waals surface area contributed by atoms with Crippen LogP contribution < -0.4 is 0 Å². The Labute approximate surface area is 90.4 Å². The maximum atomic E-state index is 10.1. The van der Waals surface area contributed by atoms with Crippen LogP contribution in [0.15, 0.2) is 18.2 Å². The Bertz CT molecular complexity index is 418. The molecule has 15 heavy (non-hydrogen) atoms. The van der Waals surface area contributed by atoms with Crippen LogP contribution >= 0.6 is 0 Å². The van der Waals surface area contributed by atoms with Crippen molar-refractivity contribution in [1.82, 2.24) is 0 Å². The summed E-state index contributed by atoms with van der Waals surface area (Å²) >= 11 is 0. The number of hydrogen-bond acceptors (Lipinski definition) is 1. The molecule has 0 heterocycles. The van der Waals surface area contributed by atoms with E-state index in [-0.39, 0.29) is 6.10 Å². The van der Waals surface area contributed by atoms with Crippen LogP contribution in [0.25, 0.3) is 6.08 Å². The zero-order valence-electron chi connectivity index (χ0n) is 8.87. The van der Waals surface area contributed by atoms with Crippen LogP contribution in [0.1, 0.15) is 47.6 Å². The molecule has 0 saturated heterocycles. The van der Waals surface area contributed by atoms with Gasteiger partial charge in [0.1, 0.15) is 0 Å². The van der Waals surface area contributed by atoms with Crippen LogP contribution in [0, 0.1) is 0 Å². The van der Waals surface area contributed by atoms with Crippen molar-refractivity contribution in [3.05, 3.63) is 40.5 Å². The van der Waals surface area contributed by atoms with Gasteiger partial charge in [0.05, 0.1) is 6.10 Å². The monoisotopic (exact) mass is 200 g/mol. The lowest BCUT2D eigenvalue weighted by atomic mass is 9.81. The second kappa shape index (κ2) is 3.49. The van der Waals surface area contributed by atoms with Gasteiger partial charge in [-0.05, 0) is 54.4 Å². The van der Waals surface area contributed by atoms with E-state index in [1.165, 1.54) is 41.5 Å². The Morgan fingerprint density at radius 1 is 1.13 bits per heavy atom. The molecule has 1 nitrogen and oxygen atoms in total. The van der Waals surface area contributed by atoms with E-state index in [0.717, 1.165) is 12.8 Å². The van der Waals surface area contributed by atoms with Gasteiger partial charge in [-0.15, -0.1) is 0 Å². The predicted molar refractivity (Wildman–Crippen MR) is 61.7 cm³/mol. The average molecular weight is 200 g/mol. The van der Waals surface area contributed by atoms with Crippen LogP contribution in [-0.2, 0) is 12.8 Å². The number of aliphatic hydroxyl groups is 1. The lowest BCUT2D eigenvalue weighted by Crippen LogP contribution is -2.12. The lowest BCUT2D eigenvalue weighted by molar-refractivity contribution is 0.178. The molecule has 1 aromatic rings. The molecule has 0 bridgehead atoms. The van der Waals surface area contributed by atoms with Gasteiger partial charge in [0.25, 0.3) is 0 Å². The molecule has 0 fully saturated rings. The summed E-state index contributed by atoms with van der Waals surface area (Å²) in [7, 11) is 0. The first-order chi connectivity index (χ1) is 7.36. The lowest BCUT2D eigenvalue weighted by Gasteiger charge is -2.26. The van der Waals surface area contributed by atoms with Gasteiger partial charge >= 0.3 is 0 Å². The number of hydrogen-bond donors (Lipinski definition) is 1. The fraction of sp³-hybridized carbons (Fsp3) is 0.429. The second-order valence-electron chi connectivity index (χ2n) is 4.57. The largest absolute Gasteiger partial charge is 0.388 e. The van der Waals surface area contributed by atoms with Crippen molar-refractivity contribution in [3.8, 4) is 0 Å². The fourth-order valence-corrected chi connectivity index (χ4v) is 2.86. The molecule has 0 amide bonds. The summed E-state index contributed by atoms with van der Waals surface area (Å²) < 4.78 is 0. The van der Waals surface area contributed by atoms with Crippen molar-refractivity contribution < 1.29 is 5.11 Å². The van der Waals surface area contributed by atoms with E-state index in [4.69, 9.17) is 0 Å². The molecular weight excluding hydrogens is 184 g/mol. The molecule has 1 unspecified atom stereocenters. The normalized spacial score (nSPS) is 23.4. The van der Waals surface area contributed by atoms with Gasteiger partial charge in [-0.25, -0.2) is 0 Å². The van der Waals surface area contributed by atoms with Crippen molar-refractivity contribution in [2.75, 3.05) is 0 Å². The number of rotatable bonds is 0. The highest BCUT2D eigenvalue weighted by molar-refractivity contribution is 5.61. The molecule has 1 heteroatoms. The minimum Gasteiger partial charge on any atom is -0.388 e. The van der Waals surface area contributed by atoms with E-state index in [1.807, 2.05) is 0 Å². The Morgan fingerprint density at radius 2 is 2.00 bits per heavy atom. The van der Waals surface area contributed by atoms with Crippen LogP contribution in [0.4, 0.5) is 0 Å². The minimum absolute atomic E-state index is 0.266. The Hall–Kier alpha value is -1.08. The molecule has 0 aliphatic heterocycles. The fourth-order valence-electron chi connectivity index (χ4n) is 2.86. The van der Waals surface area contributed by atoms with Gasteiger partial charge in [-0.3, -0.25) is 0 Å². The first-order valence-corrected chi connectivity index (χ1v) is 5.85. The summed E-state index contributed by atoms with van der Waals surface area (Å²) in [5.41, 5.74) is 5.36. The predicted octanol–water partition coefficient (Wildman–Crippen LogP) is 3.02. The molecule has 3 rings (SSSR count). The molecule has 1 atom stereocenters. The van der Waals surface area contributed by atoms with Crippen LogP contribution in [-0.4, -0.2) is 5.11 Å². The molecule has 1 N–H and O–H groups in total. The zero-order chi connectivity index (χ0) is 10.3. The molecular formula is C14H16O. The highest BCUT2D eigenvalue weighted by Gasteiger charge is 2.21. The van der Waals surface area contributed by atoms with Crippen molar-refractivity contribution in [3.63, 3.8) is 0 Å². The number of aliphatic hydroxyl groups excluding tert-OH is 1. The standard InChI is InChI=1S/C14H16O/c15-13-7-3-5-11-9-8-10-4-1-2-6-12(10)14(11)13/h3,5,8-9,13,15H,1-2,4,6-7H2. The van der Waals surface area contributed by atoms with Gasteiger partial charge in [0.15, 0.2) is 0 Å². The summed E-state index contributed by atoms with van der Waals surface area (Å²) in [5, 5.41) is 10.1. The van der Waals surface area contributed by atoms with Gasteiger partial charge in [-0.1, -0.05) is 24.3 Å². The molecule has 2 aliphatic rings. The third kappa shape index (κ3) is 1.42. The summed E-state index contributed by atoms with van der Waals surface area (Å²) in [6.45, 7) is 0. The average Bonchev–Trinajstić information content (AvgIpc) is 2.29. The van der Waals surface area contributed by atoms with Crippen molar-refractivity contribution >= 4 is 6.08 Å². The molecule has 1 aromatic carbocycles. The maximum Gasteiger partial charge on any atom is 0.0833 e. The first-order valence-electron chi connectivity index (χ1n) is 5.85. The van der Waals surface area contributed by atoms with Gasteiger partial charge in [-0.2, -0.15) is 0 Å². The van der Waals surface area contributed by atoms with Crippen LogP contribution in [0.5, 0.6) is 0 Å². The Balaban J connectivity index is 2.20. The SMILES string of the molecule is OC1CC=Cc2ccc3c(c21)CCCC3. The molecule has 2 aliphatic carbocycles. The quantitative estimate of drug-likeness (QED) is 0.682. The molecule has 0 aromatic heterocycles. The van der Waals surface area contributed by atoms with Gasteiger partial charge < -0.3 is 5.11 Å². The third-order valence-electron chi connectivity index (χ3n) is 3.60. The Morgan fingerprint density at radius 3 is 2.93 bits per heavy atom. The Kier molecular flexibility index (Phi) is 2.14. The summed E-state index contributed by atoms with van der Waals surface area (Å²) in [5.74, 6) is 0. The summed E-state index contributed by atoms with van der Waals surface area (Å²) in [4.78, 5) is 0. The van der Waals surface area contributed by atoms with Gasteiger partial charge in [0, 0.05) is 0 Å². The minimum atomic E-state index is -0.266. The van der Waals surface area contributed by atoms with E-state index >= 15 is 0 Å². The maximum absolute atomic E-state index is 10.1. The topological polar surface area (TPSA) is 20.2 Å². The van der Waals surface area contributed by atoms with Crippen molar-refractivity contribution in [2.45, 2.75) is 38.2 Å². The molecule has 0 spiro atoms. The van der Waals surface area contributed by atoms with E-state index in [2.05, 4.69) is 24.3 Å². The number of benzene rings is 1. The smallest absolute Gasteiger partial charge is 0.0833 e. The third-order valence-corrected chi connectivity index (χ3v) is 3.60. The highest BCUT2D eigenvalue weighted by atomic mass is 16.3. The number of aryl methyl sites for hydroxylation is 1. The second-order valence-corrected chi connectivity index (χ2v) is 4.57. The van der Waals surface area contributed by atoms with Crippen LogP contribution in [0.2, 0.25) is 0 Å². The zero-order valence-corrected chi connectivity index (χ0v) is 8.87. The molecule has 78 valence electrons. The molecule has 0 radical (unpaired) electrons. The van der Waals surface area contributed by atoms with Crippen LogP contribution in [0.3, 0.4) is 0 Å². The molecule has 0 saturated carbocycles. The number of fused-ring (bicyclic) bond motifs is 3. The van der Waals surface area contributed by atoms with Crippen molar-refractivity contribution in [2.24, 2.45) is 0 Å². The van der Waals surface area contributed by atoms with E-state index in [1.54, 1.807) is 0 Å². The van der Waals surface area contributed by atoms with E-state index in [9.17, 15) is 5.11 Å². The highest BCUT2D eigenvalue weighted by Crippen LogP contribution is 2.35.